The average molecular weight is 404 g/mol. The molecule has 0 aliphatic carbocycles. The van der Waals surface area contributed by atoms with Crippen LogP contribution in [0.3, 0.4) is 0 Å². The van der Waals surface area contributed by atoms with Gasteiger partial charge >= 0.3 is 0 Å². The highest BCUT2D eigenvalue weighted by atomic mass is 32.2. The molecule has 1 N–H and O–H groups in total. The molecule has 0 saturated carbocycles. The van der Waals surface area contributed by atoms with Crippen LogP contribution in [0, 0.1) is 13.8 Å². The van der Waals surface area contributed by atoms with Crippen LogP contribution in [0.4, 0.5) is 11.4 Å². The molecule has 0 aromatic heterocycles. The van der Waals surface area contributed by atoms with Crippen molar-refractivity contribution in [3.05, 3.63) is 47.5 Å². The van der Waals surface area contributed by atoms with Gasteiger partial charge < -0.3 is 14.8 Å². The SMILES string of the molecule is CC[C@@H](C(=O)Nc1ccc2c(c1)OCO2)N(c1cc(C)cc(C)c1)S(C)(=O)=O. The van der Waals surface area contributed by atoms with Gasteiger partial charge in [0.15, 0.2) is 11.5 Å². The molecule has 1 atom stereocenters. The average Bonchev–Trinajstić information content (AvgIpc) is 3.05. The van der Waals surface area contributed by atoms with Crippen LogP contribution in [0.5, 0.6) is 11.5 Å². The first-order chi connectivity index (χ1) is 13.2. The molecule has 0 unspecified atom stereocenters. The number of hydrogen-bond acceptors (Lipinski definition) is 5. The van der Waals surface area contributed by atoms with E-state index in [1.54, 1.807) is 37.3 Å². The summed E-state index contributed by atoms with van der Waals surface area (Å²) in [7, 11) is -3.68. The van der Waals surface area contributed by atoms with Gasteiger partial charge in [-0.1, -0.05) is 13.0 Å². The summed E-state index contributed by atoms with van der Waals surface area (Å²) in [6.07, 6.45) is 1.43. The van der Waals surface area contributed by atoms with Crippen molar-refractivity contribution < 1.29 is 22.7 Å². The van der Waals surface area contributed by atoms with Crippen molar-refractivity contribution in [2.75, 3.05) is 22.7 Å². The lowest BCUT2D eigenvalue weighted by Crippen LogP contribution is -2.47. The second kappa shape index (κ2) is 7.71. The Balaban J connectivity index is 1.92. The van der Waals surface area contributed by atoms with Gasteiger partial charge in [0.05, 0.1) is 11.9 Å². The van der Waals surface area contributed by atoms with E-state index in [1.165, 1.54) is 4.31 Å². The fourth-order valence-electron chi connectivity index (χ4n) is 3.34. The van der Waals surface area contributed by atoms with Gasteiger partial charge in [0.2, 0.25) is 22.7 Å². The number of carbonyl (C=O) groups excluding carboxylic acids is 1. The zero-order valence-corrected chi connectivity index (χ0v) is 17.2. The van der Waals surface area contributed by atoms with E-state index in [2.05, 4.69) is 5.32 Å². The Morgan fingerprint density at radius 3 is 2.36 bits per heavy atom. The normalized spacial score (nSPS) is 13.9. The molecular formula is C20H24N2O5S. The number of nitrogens with zero attached hydrogens (tertiary/aromatic N) is 1. The molecule has 0 radical (unpaired) electrons. The van der Waals surface area contributed by atoms with E-state index < -0.39 is 22.0 Å². The Hall–Kier alpha value is -2.74. The number of fused-ring (bicyclic) bond motifs is 1. The van der Waals surface area contributed by atoms with Gasteiger partial charge in [0, 0.05) is 11.8 Å². The molecule has 150 valence electrons. The first-order valence-electron chi connectivity index (χ1n) is 8.97. The summed E-state index contributed by atoms with van der Waals surface area (Å²) in [6.45, 7) is 5.71. The Morgan fingerprint density at radius 1 is 1.11 bits per heavy atom. The van der Waals surface area contributed by atoms with Gasteiger partial charge in [0.25, 0.3) is 0 Å². The molecule has 8 heteroatoms. The summed E-state index contributed by atoms with van der Waals surface area (Å²) < 4.78 is 36.9. The minimum atomic E-state index is -3.68. The van der Waals surface area contributed by atoms with Crippen molar-refractivity contribution in [3.8, 4) is 11.5 Å². The largest absolute Gasteiger partial charge is 0.454 e. The van der Waals surface area contributed by atoms with Gasteiger partial charge in [-0.25, -0.2) is 8.42 Å². The molecule has 7 nitrogen and oxygen atoms in total. The van der Waals surface area contributed by atoms with Gasteiger partial charge in [-0.15, -0.1) is 0 Å². The smallest absolute Gasteiger partial charge is 0.248 e. The van der Waals surface area contributed by atoms with Crippen LogP contribution in [0.2, 0.25) is 0 Å². The lowest BCUT2D eigenvalue weighted by molar-refractivity contribution is -0.117. The zero-order chi connectivity index (χ0) is 20.5. The van der Waals surface area contributed by atoms with Crippen LogP contribution in [-0.4, -0.2) is 33.4 Å². The van der Waals surface area contributed by atoms with Crippen LogP contribution in [0.15, 0.2) is 36.4 Å². The number of hydrogen-bond donors (Lipinski definition) is 1. The summed E-state index contributed by atoms with van der Waals surface area (Å²) in [5, 5.41) is 2.79. The van der Waals surface area contributed by atoms with Crippen molar-refractivity contribution in [1.29, 1.82) is 0 Å². The topological polar surface area (TPSA) is 84.9 Å². The predicted octanol–water partition coefficient (Wildman–Crippen LogP) is 3.22. The minimum Gasteiger partial charge on any atom is -0.454 e. The maximum absolute atomic E-state index is 13.0. The second-order valence-electron chi connectivity index (χ2n) is 6.89. The molecule has 28 heavy (non-hydrogen) atoms. The quantitative estimate of drug-likeness (QED) is 0.799. The molecule has 0 saturated heterocycles. The Morgan fingerprint density at radius 2 is 1.75 bits per heavy atom. The Labute approximate surface area is 165 Å². The summed E-state index contributed by atoms with van der Waals surface area (Å²) >= 11 is 0. The number of nitrogens with one attached hydrogen (secondary N) is 1. The lowest BCUT2D eigenvalue weighted by Gasteiger charge is -2.30. The molecule has 0 spiro atoms. The first kappa shape index (κ1) is 20.0. The van der Waals surface area contributed by atoms with Crippen molar-refractivity contribution in [2.24, 2.45) is 0 Å². The third-order valence-corrected chi connectivity index (χ3v) is 5.61. The predicted molar refractivity (Wildman–Crippen MR) is 109 cm³/mol. The first-order valence-corrected chi connectivity index (χ1v) is 10.8. The summed E-state index contributed by atoms with van der Waals surface area (Å²) in [5.41, 5.74) is 2.85. The van der Waals surface area contributed by atoms with Crippen molar-refractivity contribution in [2.45, 2.75) is 33.2 Å². The van der Waals surface area contributed by atoms with Crippen molar-refractivity contribution in [3.63, 3.8) is 0 Å². The second-order valence-corrected chi connectivity index (χ2v) is 8.75. The fraction of sp³-hybridized carbons (Fsp3) is 0.350. The molecule has 1 aliphatic heterocycles. The number of carbonyl (C=O) groups is 1. The highest BCUT2D eigenvalue weighted by Crippen LogP contribution is 2.34. The molecule has 1 heterocycles. The highest BCUT2D eigenvalue weighted by molar-refractivity contribution is 7.92. The van der Waals surface area contributed by atoms with Crippen LogP contribution < -0.4 is 19.1 Å². The van der Waals surface area contributed by atoms with Gasteiger partial charge in [0.1, 0.15) is 6.04 Å². The van der Waals surface area contributed by atoms with Crippen LogP contribution in [0.1, 0.15) is 24.5 Å². The minimum absolute atomic E-state index is 0.138. The summed E-state index contributed by atoms with van der Waals surface area (Å²) in [4.78, 5) is 13.0. The van der Waals surface area contributed by atoms with E-state index in [-0.39, 0.29) is 6.79 Å². The van der Waals surface area contributed by atoms with E-state index in [0.29, 0.717) is 29.3 Å². The number of ether oxygens (including phenoxy) is 2. The van der Waals surface area contributed by atoms with Crippen LogP contribution in [0.25, 0.3) is 0 Å². The van der Waals surface area contributed by atoms with E-state index in [0.717, 1.165) is 17.4 Å². The van der Waals surface area contributed by atoms with Crippen LogP contribution >= 0.6 is 0 Å². The molecule has 0 fully saturated rings. The third-order valence-electron chi connectivity index (χ3n) is 4.43. The number of benzene rings is 2. The van der Waals surface area contributed by atoms with Gasteiger partial charge in [-0.2, -0.15) is 0 Å². The summed E-state index contributed by atoms with van der Waals surface area (Å²) in [6, 6.07) is 9.67. The standard InChI is InChI=1S/C20H24N2O5S/c1-5-17(20(23)21-15-6-7-18-19(11-15)27-12-26-18)22(28(4,24)25)16-9-13(2)8-14(3)10-16/h6-11,17H,5,12H2,1-4H3,(H,21,23)/t17-/m0/s1. The van der Waals surface area contributed by atoms with E-state index in [4.69, 9.17) is 9.47 Å². The highest BCUT2D eigenvalue weighted by Gasteiger charge is 2.32. The number of amides is 1. The Bertz CT molecular complexity index is 983. The monoisotopic (exact) mass is 404 g/mol. The van der Waals surface area contributed by atoms with Crippen molar-refractivity contribution in [1.82, 2.24) is 0 Å². The Kier molecular flexibility index (Phi) is 5.51. The summed E-state index contributed by atoms with van der Waals surface area (Å²) in [5.74, 6) is 0.740. The van der Waals surface area contributed by atoms with Crippen molar-refractivity contribution >= 4 is 27.3 Å². The molecule has 3 rings (SSSR count). The van der Waals surface area contributed by atoms with E-state index in [1.807, 2.05) is 19.9 Å². The molecule has 1 amide bonds. The maximum atomic E-state index is 13.0. The maximum Gasteiger partial charge on any atom is 0.248 e. The molecule has 0 bridgehead atoms. The number of sulfonamides is 1. The number of aryl methyl sites for hydroxylation is 2. The third kappa shape index (κ3) is 4.22. The van der Waals surface area contributed by atoms with Gasteiger partial charge in [-0.05, 0) is 55.7 Å². The molecule has 1 aliphatic rings. The van der Waals surface area contributed by atoms with E-state index >= 15 is 0 Å². The zero-order valence-electron chi connectivity index (χ0n) is 16.4. The van der Waals surface area contributed by atoms with Crippen LogP contribution in [-0.2, 0) is 14.8 Å². The number of rotatable bonds is 6. The molecular weight excluding hydrogens is 380 g/mol. The molecule has 2 aromatic rings. The lowest BCUT2D eigenvalue weighted by atomic mass is 10.1. The number of anilines is 2. The van der Waals surface area contributed by atoms with Gasteiger partial charge in [-0.3, -0.25) is 9.10 Å². The van der Waals surface area contributed by atoms with E-state index in [9.17, 15) is 13.2 Å². The molecule has 2 aromatic carbocycles. The fourth-order valence-corrected chi connectivity index (χ4v) is 4.53.